The fourth-order valence-electron chi connectivity index (χ4n) is 1.31. The van der Waals surface area contributed by atoms with Crippen LogP contribution in [0.3, 0.4) is 0 Å². The maximum absolute atomic E-state index is 11.8. The number of thiazole rings is 1. The van der Waals surface area contributed by atoms with E-state index in [9.17, 15) is 8.42 Å². The van der Waals surface area contributed by atoms with Gasteiger partial charge < -0.3 is 0 Å². The lowest BCUT2D eigenvalue weighted by Gasteiger charge is -2.04. The molecule has 9 heteroatoms. The summed E-state index contributed by atoms with van der Waals surface area (Å²) in [6.07, 6.45) is 5.43. The van der Waals surface area contributed by atoms with Gasteiger partial charge in [0, 0.05) is 25.5 Å². The van der Waals surface area contributed by atoms with Crippen LogP contribution in [0.4, 0.5) is 0 Å². The Hall–Kier alpha value is -0.960. The third-order valence-corrected chi connectivity index (χ3v) is 5.17. The fourth-order valence-corrected chi connectivity index (χ4v) is 3.73. The van der Waals surface area contributed by atoms with E-state index in [2.05, 4.69) is 14.8 Å². The Labute approximate surface area is 114 Å². The van der Waals surface area contributed by atoms with Gasteiger partial charge in [-0.25, -0.2) is 18.1 Å². The highest BCUT2D eigenvalue weighted by atomic mass is 35.5. The molecule has 0 unspecified atom stereocenters. The van der Waals surface area contributed by atoms with Crippen molar-refractivity contribution in [3.05, 3.63) is 29.1 Å². The maximum Gasteiger partial charge on any atom is 0.251 e. The monoisotopic (exact) mass is 306 g/mol. The standard InChI is InChI=1S/C9H11ClN4O2S2/c10-9-11-7-8(17-9)18(15,16)13-4-2-6-14-5-1-3-12-14/h1,3,5,7,13H,2,4,6H2. The van der Waals surface area contributed by atoms with Gasteiger partial charge >= 0.3 is 0 Å². The number of sulfonamides is 1. The Morgan fingerprint density at radius 2 is 2.33 bits per heavy atom. The molecule has 2 heterocycles. The fraction of sp³-hybridized carbons (Fsp3) is 0.333. The summed E-state index contributed by atoms with van der Waals surface area (Å²) in [7, 11) is -3.49. The largest absolute Gasteiger partial charge is 0.273 e. The van der Waals surface area contributed by atoms with Gasteiger partial charge in [-0.1, -0.05) is 22.9 Å². The smallest absolute Gasteiger partial charge is 0.251 e. The lowest BCUT2D eigenvalue weighted by Crippen LogP contribution is -2.24. The van der Waals surface area contributed by atoms with Crippen LogP contribution < -0.4 is 4.72 Å². The molecule has 0 fully saturated rings. The molecule has 0 saturated heterocycles. The molecular formula is C9H11ClN4O2S2. The Morgan fingerprint density at radius 1 is 1.50 bits per heavy atom. The van der Waals surface area contributed by atoms with Gasteiger partial charge in [0.1, 0.15) is 0 Å². The number of halogens is 1. The number of nitrogens with one attached hydrogen (secondary N) is 1. The Balaban J connectivity index is 1.82. The van der Waals surface area contributed by atoms with Crippen molar-refractivity contribution < 1.29 is 8.42 Å². The molecule has 0 bridgehead atoms. The van der Waals surface area contributed by atoms with Crippen LogP contribution in [0.25, 0.3) is 0 Å². The molecule has 0 spiro atoms. The minimum Gasteiger partial charge on any atom is -0.273 e. The van der Waals surface area contributed by atoms with E-state index in [0.29, 0.717) is 19.5 Å². The second-order valence-corrected chi connectivity index (χ2v) is 7.06. The number of hydrogen-bond acceptors (Lipinski definition) is 5. The Bertz CT molecular complexity index is 594. The SMILES string of the molecule is O=S(=O)(NCCCn1cccn1)c1cnc(Cl)s1. The van der Waals surface area contributed by atoms with Crippen molar-refractivity contribution in [3.63, 3.8) is 0 Å². The molecular weight excluding hydrogens is 296 g/mol. The first-order valence-corrected chi connectivity index (χ1v) is 7.84. The van der Waals surface area contributed by atoms with Crippen molar-refractivity contribution in [2.45, 2.75) is 17.2 Å². The minimum absolute atomic E-state index is 0.131. The van der Waals surface area contributed by atoms with Gasteiger partial charge in [-0.15, -0.1) is 0 Å². The van der Waals surface area contributed by atoms with Crippen LogP contribution >= 0.6 is 22.9 Å². The van der Waals surface area contributed by atoms with Crippen LogP contribution in [-0.2, 0) is 16.6 Å². The quantitative estimate of drug-likeness (QED) is 0.818. The van der Waals surface area contributed by atoms with Crippen LogP contribution in [0.5, 0.6) is 0 Å². The van der Waals surface area contributed by atoms with Crippen molar-refractivity contribution in [1.29, 1.82) is 0 Å². The number of rotatable bonds is 6. The van der Waals surface area contributed by atoms with Gasteiger partial charge in [0.15, 0.2) is 8.68 Å². The summed E-state index contributed by atoms with van der Waals surface area (Å²) < 4.78 is 28.2. The predicted octanol–water partition coefficient (Wildman–Crippen LogP) is 1.36. The normalized spacial score (nSPS) is 11.8. The van der Waals surface area contributed by atoms with E-state index in [1.807, 2.05) is 12.3 Å². The average Bonchev–Trinajstić information content (AvgIpc) is 2.95. The van der Waals surface area contributed by atoms with Crippen LogP contribution in [0, 0.1) is 0 Å². The zero-order valence-corrected chi connectivity index (χ0v) is 11.7. The molecule has 0 aliphatic rings. The molecule has 1 N–H and O–H groups in total. The number of aryl methyl sites for hydroxylation is 1. The summed E-state index contributed by atoms with van der Waals surface area (Å²) in [5.74, 6) is 0. The number of hydrogen-bond donors (Lipinski definition) is 1. The first kappa shape index (κ1) is 13.5. The van der Waals surface area contributed by atoms with Gasteiger partial charge in [-0.2, -0.15) is 5.10 Å². The third-order valence-electron chi connectivity index (χ3n) is 2.14. The highest BCUT2D eigenvalue weighted by Gasteiger charge is 2.16. The molecule has 18 heavy (non-hydrogen) atoms. The van der Waals surface area contributed by atoms with Crippen LogP contribution in [0.15, 0.2) is 28.9 Å². The van der Waals surface area contributed by atoms with Gasteiger partial charge in [0.05, 0.1) is 6.20 Å². The summed E-state index contributed by atoms with van der Waals surface area (Å²) in [5, 5.41) is 4.03. The van der Waals surface area contributed by atoms with Crippen molar-refractivity contribution in [2.75, 3.05) is 6.54 Å². The van der Waals surface area contributed by atoms with E-state index in [4.69, 9.17) is 11.6 Å². The van der Waals surface area contributed by atoms with Gasteiger partial charge in [-0.05, 0) is 12.5 Å². The topological polar surface area (TPSA) is 76.9 Å². The van der Waals surface area contributed by atoms with E-state index in [-0.39, 0.29) is 8.68 Å². The van der Waals surface area contributed by atoms with Crippen LogP contribution in [0.2, 0.25) is 4.47 Å². The van der Waals surface area contributed by atoms with E-state index < -0.39 is 10.0 Å². The Kier molecular flexibility index (Phi) is 4.33. The summed E-state index contributed by atoms with van der Waals surface area (Å²) >= 11 is 6.54. The van der Waals surface area contributed by atoms with E-state index in [1.165, 1.54) is 6.20 Å². The van der Waals surface area contributed by atoms with Gasteiger partial charge in [0.2, 0.25) is 0 Å². The van der Waals surface area contributed by atoms with Gasteiger partial charge in [-0.3, -0.25) is 4.68 Å². The first-order chi connectivity index (χ1) is 8.58. The maximum atomic E-state index is 11.8. The lowest BCUT2D eigenvalue weighted by molar-refractivity contribution is 0.554. The molecule has 0 saturated carbocycles. The molecule has 0 atom stereocenters. The third kappa shape index (κ3) is 3.52. The zero-order chi connectivity index (χ0) is 13.0. The molecule has 6 nitrogen and oxygen atoms in total. The molecule has 0 aromatic carbocycles. The highest BCUT2D eigenvalue weighted by molar-refractivity contribution is 7.91. The van der Waals surface area contributed by atoms with E-state index >= 15 is 0 Å². The highest BCUT2D eigenvalue weighted by Crippen LogP contribution is 2.21. The van der Waals surface area contributed by atoms with E-state index in [1.54, 1.807) is 10.9 Å². The zero-order valence-electron chi connectivity index (χ0n) is 9.28. The second-order valence-electron chi connectivity index (χ2n) is 3.45. The number of nitrogens with zero attached hydrogens (tertiary/aromatic N) is 3. The van der Waals surface area contributed by atoms with Crippen LogP contribution in [-0.4, -0.2) is 29.7 Å². The van der Waals surface area contributed by atoms with Gasteiger partial charge in [0.25, 0.3) is 10.0 Å². The Morgan fingerprint density at radius 3 is 2.94 bits per heavy atom. The lowest BCUT2D eigenvalue weighted by atomic mass is 10.4. The summed E-state index contributed by atoms with van der Waals surface area (Å²) in [6.45, 7) is 1.01. The molecule has 98 valence electrons. The average molecular weight is 307 g/mol. The van der Waals surface area contributed by atoms with E-state index in [0.717, 1.165) is 11.3 Å². The molecule has 0 aliphatic heterocycles. The summed E-state index contributed by atoms with van der Waals surface area (Å²) in [4.78, 5) is 3.70. The molecule has 0 aliphatic carbocycles. The van der Waals surface area contributed by atoms with Crippen molar-refractivity contribution in [2.24, 2.45) is 0 Å². The van der Waals surface area contributed by atoms with Crippen molar-refractivity contribution in [1.82, 2.24) is 19.5 Å². The first-order valence-electron chi connectivity index (χ1n) is 5.16. The molecule has 0 amide bonds. The number of aromatic nitrogens is 3. The molecule has 2 rings (SSSR count). The molecule has 2 aromatic heterocycles. The van der Waals surface area contributed by atoms with Crippen LogP contribution in [0.1, 0.15) is 6.42 Å². The second kappa shape index (κ2) is 5.79. The summed E-state index contributed by atoms with van der Waals surface area (Å²) in [6, 6.07) is 1.82. The summed E-state index contributed by atoms with van der Waals surface area (Å²) in [5.41, 5.74) is 0. The molecule has 2 aromatic rings. The predicted molar refractivity (Wildman–Crippen MR) is 69.2 cm³/mol. The molecule has 0 radical (unpaired) electrons. The van der Waals surface area contributed by atoms with Crippen molar-refractivity contribution in [3.8, 4) is 0 Å². The minimum atomic E-state index is -3.49. The van der Waals surface area contributed by atoms with Crippen molar-refractivity contribution >= 4 is 33.0 Å².